The number of nitrogens with one attached hydrogen (secondary N) is 1. The first kappa shape index (κ1) is 19.0. The topological polar surface area (TPSA) is 41.6 Å². The number of urea groups is 1. The molecule has 25 heavy (non-hydrogen) atoms. The van der Waals surface area contributed by atoms with Crippen molar-refractivity contribution in [2.75, 3.05) is 19.5 Å². The van der Waals surface area contributed by atoms with Crippen LogP contribution in [-0.2, 0) is 6.54 Å². The minimum Gasteiger partial charge on any atom is -0.494 e. The second-order valence-corrected chi connectivity index (χ2v) is 6.22. The van der Waals surface area contributed by atoms with Gasteiger partial charge in [-0.1, -0.05) is 23.9 Å². The van der Waals surface area contributed by atoms with E-state index in [-0.39, 0.29) is 12.3 Å². The number of hydrogen-bond donors (Lipinski definition) is 1. The molecule has 0 unspecified atom stereocenters. The number of nitrogens with zero attached hydrogens (tertiary/aromatic N) is 1. The van der Waals surface area contributed by atoms with Crippen LogP contribution in [-0.4, -0.2) is 30.8 Å². The Bertz CT molecular complexity index is 744. The summed E-state index contributed by atoms with van der Waals surface area (Å²) in [4.78, 5) is 13.9. The molecule has 1 N–H and O–H groups in total. The Morgan fingerprint density at radius 1 is 1.28 bits per heavy atom. The highest BCUT2D eigenvalue weighted by Gasteiger charge is 2.12. The molecule has 134 valence electrons. The van der Waals surface area contributed by atoms with Crippen molar-refractivity contribution in [3.63, 3.8) is 0 Å². The van der Waals surface area contributed by atoms with E-state index in [4.69, 9.17) is 4.74 Å². The van der Waals surface area contributed by atoms with Crippen molar-refractivity contribution in [1.82, 2.24) is 4.90 Å². The lowest BCUT2D eigenvalue weighted by atomic mass is 10.2. The number of hydrogen-bond acceptors (Lipinski definition) is 3. The zero-order valence-electron chi connectivity index (χ0n) is 13.6. The van der Waals surface area contributed by atoms with Gasteiger partial charge < -0.3 is 15.0 Å². The van der Waals surface area contributed by atoms with Gasteiger partial charge in [0.25, 0.3) is 5.76 Å². The highest BCUT2D eigenvalue weighted by molar-refractivity contribution is 7.99. The molecular formula is C17H17F3N2O2S. The predicted octanol–water partition coefficient (Wildman–Crippen LogP) is 4.81. The van der Waals surface area contributed by atoms with E-state index in [9.17, 15) is 18.0 Å². The maximum Gasteiger partial charge on any atom is 0.321 e. The molecule has 0 atom stereocenters. The van der Waals surface area contributed by atoms with E-state index in [1.807, 2.05) is 0 Å². The van der Waals surface area contributed by atoms with Crippen LogP contribution in [0.4, 0.5) is 23.7 Å². The Balaban J connectivity index is 1.99. The lowest BCUT2D eigenvalue weighted by Crippen LogP contribution is -2.30. The molecule has 0 fully saturated rings. The van der Waals surface area contributed by atoms with Gasteiger partial charge in [-0.05, 0) is 35.9 Å². The van der Waals surface area contributed by atoms with E-state index >= 15 is 0 Å². The molecule has 2 amide bonds. The number of carbonyl (C=O) groups excluding carboxylic acids is 1. The van der Waals surface area contributed by atoms with Crippen molar-refractivity contribution in [2.45, 2.75) is 17.2 Å². The summed E-state index contributed by atoms with van der Waals surface area (Å²) >= 11 is 0.404. The van der Waals surface area contributed by atoms with Gasteiger partial charge in [0.1, 0.15) is 0 Å². The van der Waals surface area contributed by atoms with Crippen molar-refractivity contribution in [3.8, 4) is 5.75 Å². The van der Waals surface area contributed by atoms with E-state index in [2.05, 4.69) is 5.32 Å². The molecule has 2 aromatic rings. The van der Waals surface area contributed by atoms with Gasteiger partial charge in [0.15, 0.2) is 11.6 Å². The molecule has 8 heteroatoms. The summed E-state index contributed by atoms with van der Waals surface area (Å²) in [6.45, 7) is 0.179. The van der Waals surface area contributed by atoms with Gasteiger partial charge in [-0.3, -0.25) is 0 Å². The van der Waals surface area contributed by atoms with Crippen molar-refractivity contribution >= 4 is 23.5 Å². The van der Waals surface area contributed by atoms with Gasteiger partial charge in [0.05, 0.1) is 7.11 Å². The number of amides is 2. The monoisotopic (exact) mass is 370 g/mol. The summed E-state index contributed by atoms with van der Waals surface area (Å²) < 4.78 is 43.3. The molecular weight excluding hydrogens is 353 g/mol. The standard InChI is InChI=1S/C17H17F3N2O2S/c1-22(10-11-6-7-15(24-2)14(18)8-11)17(23)21-12-4-3-5-13(9-12)25-16(19)20/h3-9,16H,10H2,1-2H3,(H,21,23). The number of carbonyl (C=O) groups is 1. The van der Waals surface area contributed by atoms with Crippen molar-refractivity contribution in [1.29, 1.82) is 0 Å². The summed E-state index contributed by atoms with van der Waals surface area (Å²) in [5, 5.41) is 2.62. The third-order valence-electron chi connectivity index (χ3n) is 3.29. The number of rotatable bonds is 6. The second kappa shape index (κ2) is 8.66. The van der Waals surface area contributed by atoms with Gasteiger partial charge in [0, 0.05) is 24.2 Å². The first-order valence-electron chi connectivity index (χ1n) is 7.28. The molecule has 0 bridgehead atoms. The Kier molecular flexibility index (Phi) is 6.58. The number of anilines is 1. The Labute approximate surface area is 148 Å². The van der Waals surface area contributed by atoms with E-state index < -0.39 is 17.6 Å². The smallest absolute Gasteiger partial charge is 0.321 e. The Morgan fingerprint density at radius 3 is 2.68 bits per heavy atom. The summed E-state index contributed by atoms with van der Waals surface area (Å²) in [6.07, 6.45) is 0. The maximum atomic E-state index is 13.7. The molecule has 0 saturated heterocycles. The largest absolute Gasteiger partial charge is 0.494 e. The zero-order valence-corrected chi connectivity index (χ0v) is 14.4. The van der Waals surface area contributed by atoms with Crippen LogP contribution >= 0.6 is 11.8 Å². The normalized spacial score (nSPS) is 10.6. The summed E-state index contributed by atoms with van der Waals surface area (Å²) in [5.74, 6) is -2.91. The number of thioether (sulfide) groups is 1. The molecule has 0 saturated carbocycles. The SMILES string of the molecule is COc1ccc(CN(C)C(=O)Nc2cccc(SC(F)F)c2)cc1F. The summed E-state index contributed by atoms with van der Waals surface area (Å²) in [5.41, 5.74) is 1.00. The number of benzene rings is 2. The van der Waals surface area contributed by atoms with Crippen LogP contribution in [0.25, 0.3) is 0 Å². The van der Waals surface area contributed by atoms with Gasteiger partial charge >= 0.3 is 6.03 Å². The van der Waals surface area contributed by atoms with Crippen LogP contribution in [0.5, 0.6) is 5.75 Å². The average Bonchev–Trinajstić information content (AvgIpc) is 2.54. The molecule has 0 spiro atoms. The molecule has 2 rings (SSSR count). The Hall–Kier alpha value is -2.35. The van der Waals surface area contributed by atoms with Crippen molar-refractivity contribution < 1.29 is 22.7 Å². The first-order chi connectivity index (χ1) is 11.9. The second-order valence-electron chi connectivity index (χ2n) is 5.16. The van der Waals surface area contributed by atoms with Gasteiger partial charge in [0.2, 0.25) is 0 Å². The van der Waals surface area contributed by atoms with Crippen molar-refractivity contribution in [2.24, 2.45) is 0 Å². The van der Waals surface area contributed by atoms with Gasteiger partial charge in [-0.25, -0.2) is 9.18 Å². The van der Waals surface area contributed by atoms with E-state index in [1.54, 1.807) is 25.2 Å². The fraction of sp³-hybridized carbons (Fsp3) is 0.235. The van der Waals surface area contributed by atoms with Crippen LogP contribution in [0.15, 0.2) is 47.4 Å². The van der Waals surface area contributed by atoms with Crippen LogP contribution in [0.2, 0.25) is 0 Å². The number of halogens is 3. The average molecular weight is 370 g/mol. The minimum absolute atomic E-state index is 0.129. The minimum atomic E-state index is -2.53. The zero-order chi connectivity index (χ0) is 18.4. The quantitative estimate of drug-likeness (QED) is 0.742. The lowest BCUT2D eigenvalue weighted by Gasteiger charge is -2.18. The fourth-order valence-corrected chi connectivity index (χ4v) is 2.68. The first-order valence-corrected chi connectivity index (χ1v) is 8.16. The molecule has 0 aliphatic heterocycles. The molecule has 0 radical (unpaired) electrons. The van der Waals surface area contributed by atoms with Crippen LogP contribution in [0.3, 0.4) is 0 Å². The van der Waals surface area contributed by atoms with E-state index in [0.29, 0.717) is 27.9 Å². The molecule has 0 heterocycles. The van der Waals surface area contributed by atoms with E-state index in [1.165, 1.54) is 36.3 Å². The van der Waals surface area contributed by atoms with Gasteiger partial charge in [-0.15, -0.1) is 0 Å². The molecule has 2 aromatic carbocycles. The molecule has 4 nitrogen and oxygen atoms in total. The highest BCUT2D eigenvalue weighted by Crippen LogP contribution is 2.27. The van der Waals surface area contributed by atoms with Crippen molar-refractivity contribution in [3.05, 3.63) is 53.8 Å². The maximum absolute atomic E-state index is 13.7. The van der Waals surface area contributed by atoms with Crippen LogP contribution in [0.1, 0.15) is 5.56 Å². The fourth-order valence-electron chi connectivity index (χ4n) is 2.12. The number of ether oxygens (including phenoxy) is 1. The number of alkyl halides is 2. The summed E-state index contributed by atoms with van der Waals surface area (Å²) in [7, 11) is 2.92. The van der Waals surface area contributed by atoms with E-state index in [0.717, 1.165) is 0 Å². The number of methoxy groups -OCH3 is 1. The molecule has 0 aliphatic rings. The molecule has 0 aromatic heterocycles. The van der Waals surface area contributed by atoms with Crippen LogP contribution < -0.4 is 10.1 Å². The lowest BCUT2D eigenvalue weighted by molar-refractivity contribution is 0.220. The van der Waals surface area contributed by atoms with Crippen LogP contribution in [0, 0.1) is 5.82 Å². The summed E-state index contributed by atoms with van der Waals surface area (Å²) in [6, 6.07) is 10.2. The highest BCUT2D eigenvalue weighted by atomic mass is 32.2. The molecule has 0 aliphatic carbocycles. The Morgan fingerprint density at radius 2 is 2.04 bits per heavy atom. The third-order valence-corrected chi connectivity index (χ3v) is 4.00. The van der Waals surface area contributed by atoms with Gasteiger partial charge in [-0.2, -0.15) is 8.78 Å². The third kappa shape index (κ3) is 5.60. The predicted molar refractivity (Wildman–Crippen MR) is 91.7 cm³/mol.